The van der Waals surface area contributed by atoms with Crippen LogP contribution in [0.1, 0.15) is 42.1 Å². The number of benzene rings is 2. The van der Waals surface area contributed by atoms with Gasteiger partial charge in [0.15, 0.2) is 0 Å². The summed E-state index contributed by atoms with van der Waals surface area (Å²) in [6.45, 7) is 5.68. The molecule has 1 fully saturated rings. The highest BCUT2D eigenvalue weighted by molar-refractivity contribution is 6.44. The number of halogens is 2. The first-order valence-corrected chi connectivity index (χ1v) is 11.4. The van der Waals surface area contributed by atoms with Gasteiger partial charge in [0.25, 0.3) is 5.91 Å². The van der Waals surface area contributed by atoms with E-state index in [4.69, 9.17) is 23.2 Å². The largest absolute Gasteiger partial charge is 0.361 e. The van der Waals surface area contributed by atoms with Crippen LogP contribution in [0, 0.1) is 5.92 Å². The third-order valence-electron chi connectivity index (χ3n) is 5.67. The Labute approximate surface area is 187 Å². The summed E-state index contributed by atoms with van der Waals surface area (Å²) in [4.78, 5) is 18.6. The molecule has 1 amide bonds. The van der Waals surface area contributed by atoms with Gasteiger partial charge in [-0.15, -0.1) is 0 Å². The minimum atomic E-state index is -0.266. The third-order valence-corrected chi connectivity index (χ3v) is 6.49. The van der Waals surface area contributed by atoms with Crippen LogP contribution in [0.5, 0.6) is 0 Å². The number of nitrogens with zero attached hydrogens (tertiary/aromatic N) is 1. The predicted octanol–water partition coefficient (Wildman–Crippen LogP) is 6.39. The molecule has 1 aromatic heterocycles. The standard InChI is InChI=1S/C24H27Cl2N3O/c1-2-11-29(15-16-6-7-16)12-10-17-14-27-22-9-8-18(13-20(17)22)28-24(30)19-4-3-5-21(25)23(19)26/h3-5,8-9,13-14,16,27H,2,6-7,10-12,15H2,1H3,(H,28,30). The quantitative estimate of drug-likeness (QED) is 0.402. The highest BCUT2D eigenvalue weighted by Gasteiger charge is 2.24. The van der Waals surface area contributed by atoms with Crippen LogP contribution in [-0.4, -0.2) is 35.4 Å². The molecule has 0 radical (unpaired) electrons. The van der Waals surface area contributed by atoms with Crippen molar-refractivity contribution in [3.8, 4) is 0 Å². The second-order valence-electron chi connectivity index (χ2n) is 8.12. The van der Waals surface area contributed by atoms with Crippen LogP contribution in [0.3, 0.4) is 0 Å². The summed E-state index contributed by atoms with van der Waals surface area (Å²) in [6.07, 6.45) is 7.03. The lowest BCUT2D eigenvalue weighted by atomic mass is 10.1. The van der Waals surface area contributed by atoms with Crippen molar-refractivity contribution in [2.24, 2.45) is 5.92 Å². The van der Waals surface area contributed by atoms with E-state index in [1.165, 1.54) is 31.4 Å². The fourth-order valence-electron chi connectivity index (χ4n) is 3.90. The summed E-state index contributed by atoms with van der Waals surface area (Å²) in [5.74, 6) is 0.636. The van der Waals surface area contributed by atoms with Gasteiger partial charge in [0, 0.05) is 35.9 Å². The van der Waals surface area contributed by atoms with Gasteiger partial charge in [-0.3, -0.25) is 4.79 Å². The molecule has 1 heterocycles. The third kappa shape index (κ3) is 5.00. The highest BCUT2D eigenvalue weighted by Crippen LogP contribution is 2.30. The molecule has 2 aromatic carbocycles. The minimum Gasteiger partial charge on any atom is -0.361 e. The van der Waals surface area contributed by atoms with Crippen molar-refractivity contribution in [3.05, 3.63) is 63.8 Å². The monoisotopic (exact) mass is 443 g/mol. The van der Waals surface area contributed by atoms with Crippen LogP contribution in [0.4, 0.5) is 5.69 Å². The predicted molar refractivity (Wildman–Crippen MR) is 126 cm³/mol. The molecule has 3 aromatic rings. The number of H-pyrrole nitrogens is 1. The zero-order valence-electron chi connectivity index (χ0n) is 17.2. The Bertz CT molecular complexity index is 1040. The maximum atomic E-state index is 12.7. The van der Waals surface area contributed by atoms with E-state index in [0.717, 1.165) is 42.0 Å². The summed E-state index contributed by atoms with van der Waals surface area (Å²) in [5.41, 5.74) is 3.47. The van der Waals surface area contributed by atoms with E-state index in [1.54, 1.807) is 18.2 Å². The molecule has 1 aliphatic rings. The summed E-state index contributed by atoms with van der Waals surface area (Å²) in [7, 11) is 0. The molecule has 0 unspecified atom stereocenters. The number of hydrogen-bond donors (Lipinski definition) is 2. The van der Waals surface area contributed by atoms with Gasteiger partial charge in [-0.25, -0.2) is 0 Å². The Hall–Kier alpha value is -2.01. The minimum absolute atomic E-state index is 0.266. The molecule has 0 bridgehead atoms. The summed E-state index contributed by atoms with van der Waals surface area (Å²) in [5, 5.41) is 4.74. The van der Waals surface area contributed by atoms with E-state index < -0.39 is 0 Å². The van der Waals surface area contributed by atoms with Crippen molar-refractivity contribution in [3.63, 3.8) is 0 Å². The molecule has 0 saturated heterocycles. The second kappa shape index (κ2) is 9.42. The van der Waals surface area contributed by atoms with Crippen molar-refractivity contribution >= 4 is 45.7 Å². The van der Waals surface area contributed by atoms with Crippen molar-refractivity contribution in [1.82, 2.24) is 9.88 Å². The number of aromatic nitrogens is 1. The van der Waals surface area contributed by atoms with Gasteiger partial charge in [-0.2, -0.15) is 0 Å². The Morgan fingerprint density at radius 2 is 2.03 bits per heavy atom. The van der Waals surface area contributed by atoms with E-state index in [1.807, 2.05) is 18.2 Å². The summed E-state index contributed by atoms with van der Waals surface area (Å²) in [6, 6.07) is 11.0. The number of carbonyl (C=O) groups excluding carboxylic acids is 1. The van der Waals surface area contributed by atoms with Crippen LogP contribution < -0.4 is 5.32 Å². The second-order valence-corrected chi connectivity index (χ2v) is 8.91. The topological polar surface area (TPSA) is 48.1 Å². The number of aromatic amines is 1. The molecule has 0 atom stereocenters. The Morgan fingerprint density at radius 3 is 2.80 bits per heavy atom. The fraction of sp³-hybridized carbons (Fsp3) is 0.375. The van der Waals surface area contributed by atoms with Crippen molar-refractivity contribution in [2.45, 2.75) is 32.6 Å². The number of anilines is 1. The Morgan fingerprint density at radius 1 is 1.20 bits per heavy atom. The van der Waals surface area contributed by atoms with Crippen LogP contribution in [0.2, 0.25) is 10.0 Å². The molecule has 30 heavy (non-hydrogen) atoms. The van der Waals surface area contributed by atoms with E-state index in [0.29, 0.717) is 10.6 Å². The first kappa shape index (κ1) is 21.2. The van der Waals surface area contributed by atoms with Crippen molar-refractivity contribution in [2.75, 3.05) is 25.0 Å². The zero-order valence-corrected chi connectivity index (χ0v) is 18.7. The van der Waals surface area contributed by atoms with Gasteiger partial charge in [0.05, 0.1) is 15.6 Å². The maximum absolute atomic E-state index is 12.7. The average Bonchev–Trinajstić information content (AvgIpc) is 3.46. The fourth-order valence-corrected chi connectivity index (χ4v) is 4.28. The zero-order chi connectivity index (χ0) is 21.1. The van der Waals surface area contributed by atoms with Gasteiger partial charge < -0.3 is 15.2 Å². The van der Waals surface area contributed by atoms with E-state index in [9.17, 15) is 4.79 Å². The highest BCUT2D eigenvalue weighted by atomic mass is 35.5. The van der Waals surface area contributed by atoms with E-state index in [-0.39, 0.29) is 10.9 Å². The SMILES string of the molecule is CCCN(CCc1c[nH]c2ccc(NC(=O)c3cccc(Cl)c3Cl)cc12)CC1CC1. The molecule has 1 aliphatic carbocycles. The van der Waals surface area contributed by atoms with Gasteiger partial charge in [0.2, 0.25) is 0 Å². The number of rotatable bonds is 9. The summed E-state index contributed by atoms with van der Waals surface area (Å²) < 4.78 is 0. The summed E-state index contributed by atoms with van der Waals surface area (Å²) >= 11 is 12.2. The van der Waals surface area contributed by atoms with Crippen LogP contribution in [-0.2, 0) is 6.42 Å². The van der Waals surface area contributed by atoms with E-state index in [2.05, 4.69) is 28.3 Å². The maximum Gasteiger partial charge on any atom is 0.257 e. The van der Waals surface area contributed by atoms with Crippen molar-refractivity contribution < 1.29 is 4.79 Å². The molecular weight excluding hydrogens is 417 g/mol. The first-order chi connectivity index (χ1) is 14.5. The number of hydrogen-bond acceptors (Lipinski definition) is 2. The van der Waals surface area contributed by atoms with Crippen LogP contribution >= 0.6 is 23.2 Å². The number of fused-ring (bicyclic) bond motifs is 1. The lowest BCUT2D eigenvalue weighted by Crippen LogP contribution is -2.29. The molecule has 1 saturated carbocycles. The Balaban J connectivity index is 1.48. The molecule has 4 nitrogen and oxygen atoms in total. The van der Waals surface area contributed by atoms with Crippen LogP contribution in [0.15, 0.2) is 42.6 Å². The van der Waals surface area contributed by atoms with Crippen molar-refractivity contribution in [1.29, 1.82) is 0 Å². The molecule has 0 aliphatic heterocycles. The average molecular weight is 444 g/mol. The van der Waals surface area contributed by atoms with E-state index >= 15 is 0 Å². The van der Waals surface area contributed by atoms with Crippen LogP contribution in [0.25, 0.3) is 10.9 Å². The van der Waals surface area contributed by atoms with Gasteiger partial charge in [0.1, 0.15) is 0 Å². The molecular formula is C24H27Cl2N3O. The van der Waals surface area contributed by atoms with Gasteiger partial charge >= 0.3 is 0 Å². The van der Waals surface area contributed by atoms with Gasteiger partial charge in [-0.1, -0.05) is 36.2 Å². The first-order valence-electron chi connectivity index (χ1n) is 10.6. The van der Waals surface area contributed by atoms with Gasteiger partial charge in [-0.05, 0) is 74.0 Å². The number of carbonyl (C=O) groups is 1. The number of amides is 1. The molecule has 158 valence electrons. The number of nitrogens with one attached hydrogen (secondary N) is 2. The lowest BCUT2D eigenvalue weighted by Gasteiger charge is -2.21. The Kier molecular flexibility index (Phi) is 6.67. The molecule has 2 N–H and O–H groups in total. The molecule has 6 heteroatoms. The molecule has 0 spiro atoms. The lowest BCUT2D eigenvalue weighted by molar-refractivity contribution is 0.102. The molecule has 4 rings (SSSR count). The normalized spacial score (nSPS) is 13.9. The smallest absolute Gasteiger partial charge is 0.257 e.